The van der Waals surface area contributed by atoms with Crippen molar-refractivity contribution in [2.24, 2.45) is 0 Å². The standard InChI is InChI=1S/C12H17NO2S/c1-11(2)12(3,4)13(11)16(14,15)10-8-6-5-7-9-10/h5-9H,1-4H3. The van der Waals surface area contributed by atoms with Gasteiger partial charge in [-0.1, -0.05) is 18.2 Å². The van der Waals surface area contributed by atoms with Gasteiger partial charge in [0.05, 0.1) is 16.0 Å². The molecule has 0 aromatic heterocycles. The Hall–Kier alpha value is -0.870. The number of nitrogens with zero attached hydrogens (tertiary/aromatic N) is 1. The second-order valence-corrected chi connectivity index (χ2v) is 6.99. The lowest BCUT2D eigenvalue weighted by atomic mass is 10.0. The van der Waals surface area contributed by atoms with Crippen molar-refractivity contribution in [1.29, 1.82) is 0 Å². The molecule has 0 N–H and O–H groups in total. The fourth-order valence-corrected chi connectivity index (χ4v) is 4.49. The fraction of sp³-hybridized carbons (Fsp3) is 0.500. The molecule has 1 fully saturated rings. The highest BCUT2D eigenvalue weighted by molar-refractivity contribution is 7.89. The molecule has 4 heteroatoms. The minimum Gasteiger partial charge on any atom is -0.207 e. The van der Waals surface area contributed by atoms with Crippen molar-refractivity contribution in [2.75, 3.05) is 0 Å². The lowest BCUT2D eigenvalue weighted by Crippen LogP contribution is -2.19. The quantitative estimate of drug-likeness (QED) is 0.742. The van der Waals surface area contributed by atoms with Gasteiger partial charge in [0.25, 0.3) is 0 Å². The summed E-state index contributed by atoms with van der Waals surface area (Å²) in [5.41, 5.74) is -0.608. The van der Waals surface area contributed by atoms with Crippen molar-refractivity contribution in [1.82, 2.24) is 4.31 Å². The summed E-state index contributed by atoms with van der Waals surface area (Å²) in [6.07, 6.45) is 0. The van der Waals surface area contributed by atoms with Crippen LogP contribution in [0.25, 0.3) is 0 Å². The molecule has 1 aliphatic rings. The van der Waals surface area contributed by atoms with Crippen molar-refractivity contribution in [2.45, 2.75) is 43.7 Å². The van der Waals surface area contributed by atoms with Crippen LogP contribution >= 0.6 is 0 Å². The maximum atomic E-state index is 12.4. The van der Waals surface area contributed by atoms with E-state index in [1.54, 1.807) is 28.6 Å². The SMILES string of the molecule is CC1(C)N(S(=O)(=O)c2ccccc2)C1(C)C. The van der Waals surface area contributed by atoms with Gasteiger partial charge in [-0.25, -0.2) is 8.42 Å². The first-order chi connectivity index (χ1) is 7.22. The number of hydrogen-bond acceptors (Lipinski definition) is 2. The molecule has 0 spiro atoms. The van der Waals surface area contributed by atoms with Gasteiger partial charge in [-0.05, 0) is 39.8 Å². The third-order valence-electron chi connectivity index (χ3n) is 3.74. The first-order valence-electron chi connectivity index (χ1n) is 5.33. The average molecular weight is 239 g/mol. The predicted molar refractivity (Wildman–Crippen MR) is 63.6 cm³/mol. The minimum atomic E-state index is -3.35. The van der Waals surface area contributed by atoms with Gasteiger partial charge in [-0.15, -0.1) is 0 Å². The van der Waals surface area contributed by atoms with Crippen LogP contribution in [0.4, 0.5) is 0 Å². The fourth-order valence-electron chi connectivity index (χ4n) is 2.17. The minimum absolute atomic E-state index is 0.304. The summed E-state index contributed by atoms with van der Waals surface area (Å²) in [5.74, 6) is 0. The van der Waals surface area contributed by atoms with Crippen LogP contribution in [0, 0.1) is 0 Å². The summed E-state index contributed by atoms with van der Waals surface area (Å²) in [4.78, 5) is 0.369. The molecule has 1 aromatic rings. The number of benzene rings is 1. The summed E-state index contributed by atoms with van der Waals surface area (Å²) in [7, 11) is -3.35. The van der Waals surface area contributed by atoms with E-state index in [-0.39, 0.29) is 11.1 Å². The third kappa shape index (κ3) is 1.33. The van der Waals surface area contributed by atoms with Crippen LogP contribution in [0.15, 0.2) is 35.2 Å². The highest BCUT2D eigenvalue weighted by atomic mass is 32.2. The van der Waals surface area contributed by atoms with Gasteiger partial charge in [0.1, 0.15) is 0 Å². The topological polar surface area (TPSA) is 37.1 Å². The Kier molecular flexibility index (Phi) is 2.23. The Balaban J connectivity index is 2.45. The van der Waals surface area contributed by atoms with Crippen molar-refractivity contribution in [3.05, 3.63) is 30.3 Å². The molecule has 0 aliphatic carbocycles. The molecule has 1 aromatic carbocycles. The Morgan fingerprint density at radius 3 is 1.75 bits per heavy atom. The molecular formula is C12H17NO2S. The summed E-state index contributed by atoms with van der Waals surface area (Å²) in [5, 5.41) is 0. The Bertz CT molecular complexity index is 489. The molecule has 0 atom stereocenters. The maximum Gasteiger partial charge on any atom is 0.244 e. The molecule has 0 amide bonds. The van der Waals surface area contributed by atoms with Gasteiger partial charge in [-0.3, -0.25) is 0 Å². The molecule has 0 saturated carbocycles. The molecule has 0 radical (unpaired) electrons. The lowest BCUT2D eigenvalue weighted by molar-refractivity contribution is 0.519. The molecule has 16 heavy (non-hydrogen) atoms. The Labute approximate surface area is 97.1 Å². The van der Waals surface area contributed by atoms with E-state index in [1.807, 2.05) is 33.8 Å². The van der Waals surface area contributed by atoms with Gasteiger partial charge in [-0.2, -0.15) is 4.31 Å². The molecular weight excluding hydrogens is 222 g/mol. The summed E-state index contributed by atoms with van der Waals surface area (Å²) in [6, 6.07) is 8.59. The largest absolute Gasteiger partial charge is 0.244 e. The first-order valence-corrected chi connectivity index (χ1v) is 6.77. The molecule has 0 bridgehead atoms. The van der Waals surface area contributed by atoms with Crippen LogP contribution in [0.3, 0.4) is 0 Å². The molecule has 2 rings (SSSR count). The van der Waals surface area contributed by atoms with E-state index in [0.29, 0.717) is 4.90 Å². The van der Waals surface area contributed by atoms with Crippen molar-refractivity contribution in [3.63, 3.8) is 0 Å². The number of rotatable bonds is 2. The molecule has 0 unspecified atom stereocenters. The van der Waals surface area contributed by atoms with Crippen molar-refractivity contribution >= 4 is 10.0 Å². The first kappa shape index (κ1) is 11.6. The van der Waals surface area contributed by atoms with E-state index in [4.69, 9.17) is 0 Å². The molecule has 88 valence electrons. The van der Waals surface area contributed by atoms with Gasteiger partial charge in [0.15, 0.2) is 0 Å². The zero-order valence-corrected chi connectivity index (χ0v) is 10.9. The van der Waals surface area contributed by atoms with Crippen molar-refractivity contribution in [3.8, 4) is 0 Å². The van der Waals surface area contributed by atoms with E-state index < -0.39 is 10.0 Å². The van der Waals surface area contributed by atoms with Gasteiger partial charge in [0.2, 0.25) is 10.0 Å². The predicted octanol–water partition coefficient (Wildman–Crippen LogP) is 2.25. The average Bonchev–Trinajstić information content (AvgIpc) is 2.59. The Morgan fingerprint density at radius 1 is 0.938 bits per heavy atom. The third-order valence-corrected chi connectivity index (χ3v) is 6.01. The summed E-state index contributed by atoms with van der Waals surface area (Å²) < 4.78 is 26.3. The lowest BCUT2D eigenvalue weighted by Gasteiger charge is -2.08. The van der Waals surface area contributed by atoms with Gasteiger partial charge < -0.3 is 0 Å². The summed E-state index contributed by atoms with van der Waals surface area (Å²) in [6.45, 7) is 7.81. The van der Waals surface area contributed by atoms with Crippen LogP contribution in [0.5, 0.6) is 0 Å². The maximum absolute atomic E-state index is 12.4. The zero-order valence-electron chi connectivity index (χ0n) is 10.1. The Morgan fingerprint density at radius 2 is 1.38 bits per heavy atom. The highest BCUT2D eigenvalue weighted by Gasteiger charge is 2.68. The molecule has 1 saturated heterocycles. The normalized spacial score (nSPS) is 23.0. The second-order valence-electron chi connectivity index (χ2n) is 5.20. The van der Waals surface area contributed by atoms with E-state index in [2.05, 4.69) is 0 Å². The van der Waals surface area contributed by atoms with Crippen LogP contribution in [0.2, 0.25) is 0 Å². The van der Waals surface area contributed by atoms with E-state index in [1.165, 1.54) is 0 Å². The van der Waals surface area contributed by atoms with E-state index in [0.717, 1.165) is 0 Å². The highest BCUT2D eigenvalue weighted by Crippen LogP contribution is 2.54. The van der Waals surface area contributed by atoms with Crippen molar-refractivity contribution < 1.29 is 8.42 Å². The van der Waals surface area contributed by atoms with Crippen LogP contribution in [-0.4, -0.2) is 23.8 Å². The van der Waals surface area contributed by atoms with Crippen LogP contribution in [-0.2, 0) is 10.0 Å². The second kappa shape index (κ2) is 3.08. The number of hydrogen-bond donors (Lipinski definition) is 0. The van der Waals surface area contributed by atoms with Gasteiger partial charge in [0, 0.05) is 0 Å². The molecule has 3 nitrogen and oxygen atoms in total. The van der Waals surface area contributed by atoms with Crippen LogP contribution < -0.4 is 0 Å². The number of sulfonamides is 1. The molecule has 1 aliphatic heterocycles. The van der Waals surface area contributed by atoms with E-state index in [9.17, 15) is 8.42 Å². The van der Waals surface area contributed by atoms with Gasteiger partial charge >= 0.3 is 0 Å². The van der Waals surface area contributed by atoms with E-state index >= 15 is 0 Å². The monoisotopic (exact) mass is 239 g/mol. The smallest absolute Gasteiger partial charge is 0.207 e. The summed E-state index contributed by atoms with van der Waals surface area (Å²) >= 11 is 0. The zero-order chi connectivity index (χ0) is 12.2. The molecule has 1 heterocycles. The van der Waals surface area contributed by atoms with Crippen LogP contribution in [0.1, 0.15) is 27.7 Å².